The minimum Gasteiger partial charge on any atom is -0.384 e. The first-order valence-electron chi connectivity index (χ1n) is 10.4. The van der Waals surface area contributed by atoms with Crippen LogP contribution in [0.25, 0.3) is 0 Å². The van der Waals surface area contributed by atoms with Gasteiger partial charge in [-0.05, 0) is 11.5 Å². The molecule has 1 aromatic carbocycles. The van der Waals surface area contributed by atoms with Crippen LogP contribution >= 0.6 is 0 Å². The van der Waals surface area contributed by atoms with Crippen LogP contribution in [0.2, 0.25) is 0 Å². The van der Waals surface area contributed by atoms with Gasteiger partial charge in [-0.1, -0.05) is 30.3 Å². The summed E-state index contributed by atoms with van der Waals surface area (Å²) in [6, 6.07) is 10.3. The predicted octanol–water partition coefficient (Wildman–Crippen LogP) is 1.53. The van der Waals surface area contributed by atoms with E-state index in [2.05, 4.69) is 27.4 Å². The first-order valence-corrected chi connectivity index (χ1v) is 10.4. The maximum atomic E-state index is 12.8. The van der Waals surface area contributed by atoms with Crippen LogP contribution in [0.1, 0.15) is 18.0 Å². The summed E-state index contributed by atoms with van der Waals surface area (Å²) in [5.41, 5.74) is 1.87. The molecule has 2 aliphatic heterocycles. The predicted molar refractivity (Wildman–Crippen MR) is 113 cm³/mol. The third-order valence-corrected chi connectivity index (χ3v) is 6.08. The molecule has 0 aliphatic carbocycles. The molecule has 8 heteroatoms. The maximum absolute atomic E-state index is 12.8. The second-order valence-corrected chi connectivity index (χ2v) is 8.21. The summed E-state index contributed by atoms with van der Waals surface area (Å²) in [5, 5.41) is 6.99. The third kappa shape index (κ3) is 4.39. The third-order valence-electron chi connectivity index (χ3n) is 6.08. The molecule has 30 heavy (non-hydrogen) atoms. The van der Waals surface area contributed by atoms with E-state index in [1.54, 1.807) is 24.2 Å². The quantitative estimate of drug-likeness (QED) is 0.747. The SMILES string of the molecule is COCCC(=O)N1C[C@@H]2CN(CC(=O)Nc3cnn(C)c3)C[C@@H]2[C@H]1c1ccccc1. The van der Waals surface area contributed by atoms with Crippen LogP contribution in [-0.2, 0) is 21.4 Å². The van der Waals surface area contributed by atoms with Gasteiger partial charge in [-0.15, -0.1) is 0 Å². The molecule has 0 saturated carbocycles. The number of amides is 2. The molecule has 2 saturated heterocycles. The zero-order chi connectivity index (χ0) is 21.1. The lowest BCUT2D eigenvalue weighted by atomic mass is 9.89. The lowest BCUT2D eigenvalue weighted by Crippen LogP contribution is -2.38. The molecule has 3 atom stereocenters. The molecule has 2 amide bonds. The van der Waals surface area contributed by atoms with E-state index >= 15 is 0 Å². The van der Waals surface area contributed by atoms with Gasteiger partial charge in [-0.2, -0.15) is 5.10 Å². The van der Waals surface area contributed by atoms with E-state index in [9.17, 15) is 9.59 Å². The van der Waals surface area contributed by atoms with E-state index in [-0.39, 0.29) is 17.9 Å². The summed E-state index contributed by atoms with van der Waals surface area (Å²) >= 11 is 0. The molecular formula is C22H29N5O3. The fourth-order valence-electron chi connectivity index (χ4n) is 4.82. The lowest BCUT2D eigenvalue weighted by Gasteiger charge is -2.30. The van der Waals surface area contributed by atoms with Crippen LogP contribution in [-0.4, -0.2) is 71.3 Å². The molecule has 8 nitrogen and oxygen atoms in total. The van der Waals surface area contributed by atoms with Crippen molar-refractivity contribution in [1.29, 1.82) is 0 Å². The van der Waals surface area contributed by atoms with Gasteiger partial charge >= 0.3 is 0 Å². The average molecular weight is 412 g/mol. The van der Waals surface area contributed by atoms with E-state index in [0.717, 1.165) is 25.2 Å². The van der Waals surface area contributed by atoms with Crippen molar-refractivity contribution in [2.75, 3.05) is 45.2 Å². The van der Waals surface area contributed by atoms with E-state index in [0.29, 0.717) is 37.1 Å². The Morgan fingerprint density at radius 1 is 1.20 bits per heavy atom. The second kappa shape index (κ2) is 8.97. The van der Waals surface area contributed by atoms with Gasteiger partial charge in [0.2, 0.25) is 11.8 Å². The van der Waals surface area contributed by atoms with Crippen LogP contribution in [0.3, 0.4) is 0 Å². The van der Waals surface area contributed by atoms with Gasteiger partial charge in [0.15, 0.2) is 0 Å². The molecule has 2 aliphatic rings. The summed E-state index contributed by atoms with van der Waals surface area (Å²) in [6.45, 7) is 3.14. The van der Waals surface area contributed by atoms with Crippen LogP contribution < -0.4 is 5.32 Å². The number of aryl methyl sites for hydroxylation is 1. The number of likely N-dealkylation sites (tertiary alicyclic amines) is 2. The molecule has 1 aromatic heterocycles. The van der Waals surface area contributed by atoms with Crippen molar-refractivity contribution in [3.63, 3.8) is 0 Å². The highest BCUT2D eigenvalue weighted by Gasteiger charge is 2.48. The molecule has 160 valence electrons. The Labute approximate surface area is 176 Å². The van der Waals surface area contributed by atoms with Crippen molar-refractivity contribution in [3.8, 4) is 0 Å². The monoisotopic (exact) mass is 411 g/mol. The number of nitrogens with zero attached hydrogens (tertiary/aromatic N) is 4. The van der Waals surface area contributed by atoms with Crippen LogP contribution in [0.5, 0.6) is 0 Å². The van der Waals surface area contributed by atoms with Crippen LogP contribution in [0.15, 0.2) is 42.7 Å². The summed E-state index contributed by atoms with van der Waals surface area (Å²) in [7, 11) is 3.44. The van der Waals surface area contributed by atoms with Crippen molar-refractivity contribution in [1.82, 2.24) is 19.6 Å². The highest BCUT2D eigenvalue weighted by atomic mass is 16.5. The molecule has 3 heterocycles. The fraction of sp³-hybridized carbons (Fsp3) is 0.500. The highest BCUT2D eigenvalue weighted by molar-refractivity contribution is 5.92. The number of fused-ring (bicyclic) bond motifs is 1. The Morgan fingerprint density at radius 2 is 2.00 bits per heavy atom. The van der Waals surface area contributed by atoms with E-state index in [1.165, 1.54) is 0 Å². The number of ether oxygens (including phenoxy) is 1. The number of benzene rings is 1. The number of carbonyl (C=O) groups is 2. The zero-order valence-electron chi connectivity index (χ0n) is 17.5. The highest BCUT2D eigenvalue weighted by Crippen LogP contribution is 2.45. The number of rotatable bonds is 7. The Kier molecular flexibility index (Phi) is 6.15. The molecule has 2 fully saturated rings. The fourth-order valence-corrected chi connectivity index (χ4v) is 4.82. The Hall–Kier alpha value is -2.71. The van der Waals surface area contributed by atoms with Crippen LogP contribution in [0, 0.1) is 11.8 Å². The maximum Gasteiger partial charge on any atom is 0.238 e. The molecule has 0 radical (unpaired) electrons. The largest absolute Gasteiger partial charge is 0.384 e. The van der Waals surface area contributed by atoms with Gasteiger partial charge in [0.25, 0.3) is 0 Å². The number of hydrogen-bond donors (Lipinski definition) is 1. The van der Waals surface area contributed by atoms with Gasteiger partial charge < -0.3 is 15.0 Å². The number of hydrogen-bond acceptors (Lipinski definition) is 5. The van der Waals surface area contributed by atoms with Crippen molar-refractivity contribution in [2.24, 2.45) is 18.9 Å². The molecule has 0 bridgehead atoms. The van der Waals surface area contributed by atoms with Gasteiger partial charge in [-0.25, -0.2) is 0 Å². The standard InChI is InChI=1S/C22H29N5O3/c1-25-13-18(10-23-25)24-20(28)15-26-11-17-12-27(21(29)8-9-30-2)22(19(17)14-26)16-6-4-3-5-7-16/h3-7,10,13,17,19,22H,8-9,11-12,14-15H2,1-2H3,(H,24,28)/t17-,19-,22+/m0/s1. The number of nitrogens with one attached hydrogen (secondary N) is 1. The summed E-state index contributed by atoms with van der Waals surface area (Å²) < 4.78 is 6.77. The summed E-state index contributed by atoms with van der Waals surface area (Å²) in [4.78, 5) is 29.5. The second-order valence-electron chi connectivity index (χ2n) is 8.21. The van der Waals surface area contributed by atoms with E-state index < -0.39 is 0 Å². The first-order chi connectivity index (χ1) is 14.5. The Morgan fingerprint density at radius 3 is 2.70 bits per heavy atom. The number of anilines is 1. The van der Waals surface area contributed by atoms with E-state index in [1.807, 2.05) is 30.1 Å². The smallest absolute Gasteiger partial charge is 0.238 e. The Balaban J connectivity index is 1.43. The van der Waals surface area contributed by atoms with Gasteiger partial charge in [0.1, 0.15) is 0 Å². The molecule has 2 aromatic rings. The zero-order valence-corrected chi connectivity index (χ0v) is 17.5. The minimum absolute atomic E-state index is 0.0349. The van der Waals surface area contributed by atoms with Gasteiger partial charge in [0.05, 0.1) is 37.5 Å². The van der Waals surface area contributed by atoms with Gasteiger partial charge in [0, 0.05) is 45.9 Å². The first kappa shape index (κ1) is 20.6. The summed E-state index contributed by atoms with van der Waals surface area (Å²) in [5.74, 6) is 0.797. The molecule has 4 rings (SSSR count). The number of methoxy groups -OCH3 is 1. The topological polar surface area (TPSA) is 79.7 Å². The summed E-state index contributed by atoms with van der Waals surface area (Å²) in [6.07, 6.45) is 3.83. The lowest BCUT2D eigenvalue weighted by molar-refractivity contribution is -0.133. The van der Waals surface area contributed by atoms with Crippen molar-refractivity contribution < 1.29 is 14.3 Å². The van der Waals surface area contributed by atoms with Crippen LogP contribution in [0.4, 0.5) is 5.69 Å². The number of aromatic nitrogens is 2. The van der Waals surface area contributed by atoms with Crippen molar-refractivity contribution in [2.45, 2.75) is 12.5 Å². The number of carbonyl (C=O) groups excluding carboxylic acids is 2. The van der Waals surface area contributed by atoms with Gasteiger partial charge in [-0.3, -0.25) is 19.2 Å². The molecule has 0 unspecified atom stereocenters. The van der Waals surface area contributed by atoms with Crippen molar-refractivity contribution >= 4 is 17.5 Å². The molecular weight excluding hydrogens is 382 g/mol. The van der Waals surface area contributed by atoms with Crippen molar-refractivity contribution in [3.05, 3.63) is 48.3 Å². The Bertz CT molecular complexity index is 884. The molecule has 0 spiro atoms. The molecule has 1 N–H and O–H groups in total. The van der Waals surface area contributed by atoms with E-state index in [4.69, 9.17) is 4.74 Å². The minimum atomic E-state index is -0.0349. The average Bonchev–Trinajstić information content (AvgIpc) is 3.40. The normalized spacial score (nSPS) is 23.5.